The predicted octanol–water partition coefficient (Wildman–Crippen LogP) is 3.31. The number of urea groups is 1. The van der Waals surface area contributed by atoms with Crippen LogP contribution < -0.4 is 5.32 Å². The molecule has 122 valence electrons. The molecule has 3 rings (SSSR count). The molecule has 0 aliphatic carbocycles. The van der Waals surface area contributed by atoms with E-state index < -0.39 is 0 Å². The zero-order chi connectivity index (χ0) is 16.1. The fourth-order valence-corrected chi connectivity index (χ4v) is 2.88. The predicted molar refractivity (Wildman–Crippen MR) is 91.2 cm³/mol. The molecule has 0 radical (unpaired) electrons. The summed E-state index contributed by atoms with van der Waals surface area (Å²) in [6.45, 7) is 4.41. The zero-order valence-corrected chi connectivity index (χ0v) is 13.6. The number of benzene rings is 1. The SMILES string of the molecule is C[C@@H](CNC(=O)N1CCCCC1)n1ccc(-c2ccccc2)n1. The van der Waals surface area contributed by atoms with Crippen LogP contribution in [0.3, 0.4) is 0 Å². The van der Waals surface area contributed by atoms with Gasteiger partial charge in [0.1, 0.15) is 0 Å². The highest BCUT2D eigenvalue weighted by atomic mass is 16.2. The molecule has 1 N–H and O–H groups in total. The van der Waals surface area contributed by atoms with Gasteiger partial charge in [0, 0.05) is 31.4 Å². The Morgan fingerprint density at radius 2 is 1.91 bits per heavy atom. The van der Waals surface area contributed by atoms with Crippen molar-refractivity contribution in [1.82, 2.24) is 20.0 Å². The summed E-state index contributed by atoms with van der Waals surface area (Å²) in [5, 5.41) is 7.65. The number of nitrogens with one attached hydrogen (secondary N) is 1. The maximum atomic E-state index is 12.1. The Hall–Kier alpha value is -2.30. The second-order valence-corrected chi connectivity index (χ2v) is 6.13. The van der Waals surface area contributed by atoms with Gasteiger partial charge < -0.3 is 10.2 Å². The van der Waals surface area contributed by atoms with Crippen molar-refractivity contribution >= 4 is 6.03 Å². The normalized spacial score (nSPS) is 16.1. The lowest BCUT2D eigenvalue weighted by atomic mass is 10.1. The molecule has 2 aromatic rings. The lowest BCUT2D eigenvalue weighted by Crippen LogP contribution is -2.44. The minimum atomic E-state index is 0.0481. The first-order valence-corrected chi connectivity index (χ1v) is 8.37. The molecule has 0 bridgehead atoms. The first-order chi connectivity index (χ1) is 11.2. The number of rotatable bonds is 4. The van der Waals surface area contributed by atoms with E-state index in [9.17, 15) is 4.79 Å². The summed E-state index contributed by atoms with van der Waals surface area (Å²) in [6, 6.07) is 12.3. The van der Waals surface area contributed by atoms with Crippen molar-refractivity contribution in [1.29, 1.82) is 0 Å². The van der Waals surface area contributed by atoms with Gasteiger partial charge in [0.05, 0.1) is 11.7 Å². The number of carbonyl (C=O) groups is 1. The van der Waals surface area contributed by atoms with Crippen molar-refractivity contribution in [2.45, 2.75) is 32.2 Å². The van der Waals surface area contributed by atoms with Gasteiger partial charge in [-0.15, -0.1) is 0 Å². The van der Waals surface area contributed by atoms with Gasteiger partial charge in [-0.25, -0.2) is 4.79 Å². The third-order valence-electron chi connectivity index (χ3n) is 4.32. The van der Waals surface area contributed by atoms with E-state index in [-0.39, 0.29) is 12.1 Å². The van der Waals surface area contributed by atoms with Crippen molar-refractivity contribution in [3.8, 4) is 11.3 Å². The van der Waals surface area contributed by atoms with Gasteiger partial charge in [0.15, 0.2) is 0 Å². The topological polar surface area (TPSA) is 50.2 Å². The van der Waals surface area contributed by atoms with Gasteiger partial charge in [-0.1, -0.05) is 30.3 Å². The standard InChI is InChI=1S/C18H24N4O/c1-15(14-19-18(23)21-11-6-3-7-12-21)22-13-10-17(20-22)16-8-4-2-5-9-16/h2,4-5,8-10,13,15H,3,6-7,11-12,14H2,1H3,(H,19,23)/t15-/m0/s1. The zero-order valence-electron chi connectivity index (χ0n) is 13.6. The number of likely N-dealkylation sites (tertiary alicyclic amines) is 1. The molecule has 23 heavy (non-hydrogen) atoms. The van der Waals surface area contributed by atoms with Crippen LogP contribution in [-0.2, 0) is 0 Å². The van der Waals surface area contributed by atoms with Crippen LogP contribution in [0.15, 0.2) is 42.6 Å². The Balaban J connectivity index is 1.55. The first kappa shape index (κ1) is 15.6. The molecular weight excluding hydrogens is 288 g/mol. The van der Waals surface area contributed by atoms with Crippen LogP contribution in [0.1, 0.15) is 32.2 Å². The molecule has 1 fully saturated rings. The minimum Gasteiger partial charge on any atom is -0.336 e. The third kappa shape index (κ3) is 3.92. The van der Waals surface area contributed by atoms with Crippen LogP contribution in [0.2, 0.25) is 0 Å². The minimum absolute atomic E-state index is 0.0481. The number of piperidine rings is 1. The van der Waals surface area contributed by atoms with Crippen LogP contribution in [0.4, 0.5) is 4.79 Å². The van der Waals surface area contributed by atoms with Crippen molar-refractivity contribution in [2.75, 3.05) is 19.6 Å². The average Bonchev–Trinajstić information content (AvgIpc) is 3.11. The van der Waals surface area contributed by atoms with Crippen LogP contribution in [-0.4, -0.2) is 40.3 Å². The summed E-state index contributed by atoms with van der Waals surface area (Å²) in [7, 11) is 0. The van der Waals surface area contributed by atoms with Gasteiger partial charge in [0.25, 0.3) is 0 Å². The number of hydrogen-bond donors (Lipinski definition) is 1. The molecule has 1 aliphatic heterocycles. The van der Waals surface area contributed by atoms with E-state index in [1.54, 1.807) is 0 Å². The Bertz CT molecular complexity index is 631. The molecule has 1 saturated heterocycles. The Kier molecular flexibility index (Phi) is 4.95. The van der Waals surface area contributed by atoms with Gasteiger partial charge in [-0.05, 0) is 32.3 Å². The number of aromatic nitrogens is 2. The van der Waals surface area contributed by atoms with Crippen molar-refractivity contribution in [3.05, 3.63) is 42.6 Å². The molecule has 0 spiro atoms. The molecule has 5 nitrogen and oxygen atoms in total. The number of nitrogens with zero attached hydrogens (tertiary/aromatic N) is 3. The highest BCUT2D eigenvalue weighted by Crippen LogP contribution is 2.17. The fraction of sp³-hybridized carbons (Fsp3) is 0.444. The largest absolute Gasteiger partial charge is 0.336 e. The molecule has 2 heterocycles. The Morgan fingerprint density at radius 1 is 1.17 bits per heavy atom. The fourth-order valence-electron chi connectivity index (χ4n) is 2.88. The number of amides is 2. The molecule has 1 aromatic heterocycles. The van der Waals surface area contributed by atoms with Crippen LogP contribution in [0, 0.1) is 0 Å². The summed E-state index contributed by atoms with van der Waals surface area (Å²) < 4.78 is 1.92. The number of hydrogen-bond acceptors (Lipinski definition) is 2. The first-order valence-electron chi connectivity index (χ1n) is 8.37. The van der Waals surface area contributed by atoms with E-state index in [4.69, 9.17) is 0 Å². The Morgan fingerprint density at radius 3 is 2.65 bits per heavy atom. The molecule has 1 aliphatic rings. The van der Waals surface area contributed by atoms with Gasteiger partial charge in [-0.3, -0.25) is 4.68 Å². The van der Waals surface area contributed by atoms with Crippen molar-refractivity contribution in [2.24, 2.45) is 0 Å². The second-order valence-electron chi connectivity index (χ2n) is 6.13. The van der Waals surface area contributed by atoms with E-state index >= 15 is 0 Å². The summed E-state index contributed by atoms with van der Waals surface area (Å²) in [6.07, 6.45) is 5.43. The molecule has 0 unspecified atom stereocenters. The quantitative estimate of drug-likeness (QED) is 0.941. The van der Waals surface area contributed by atoms with Gasteiger partial charge >= 0.3 is 6.03 Å². The van der Waals surface area contributed by atoms with Crippen LogP contribution in [0.5, 0.6) is 0 Å². The van der Waals surface area contributed by atoms with E-state index in [0.29, 0.717) is 6.54 Å². The molecule has 1 atom stereocenters. The lowest BCUT2D eigenvalue weighted by Gasteiger charge is -2.27. The van der Waals surface area contributed by atoms with Crippen LogP contribution >= 0.6 is 0 Å². The molecule has 2 amide bonds. The monoisotopic (exact) mass is 312 g/mol. The second kappa shape index (κ2) is 7.31. The maximum Gasteiger partial charge on any atom is 0.317 e. The van der Waals surface area contributed by atoms with E-state index in [1.807, 2.05) is 40.0 Å². The average molecular weight is 312 g/mol. The highest BCUT2D eigenvalue weighted by molar-refractivity contribution is 5.74. The van der Waals surface area contributed by atoms with E-state index in [0.717, 1.165) is 37.2 Å². The summed E-state index contributed by atoms with van der Waals surface area (Å²) >= 11 is 0. The lowest BCUT2D eigenvalue weighted by molar-refractivity contribution is 0.185. The molecule has 5 heteroatoms. The van der Waals surface area contributed by atoms with Crippen molar-refractivity contribution < 1.29 is 4.79 Å². The Labute approximate surface area is 137 Å². The smallest absolute Gasteiger partial charge is 0.317 e. The van der Waals surface area contributed by atoms with Crippen molar-refractivity contribution in [3.63, 3.8) is 0 Å². The molecule has 0 saturated carbocycles. The van der Waals surface area contributed by atoms with E-state index in [2.05, 4.69) is 29.5 Å². The van der Waals surface area contributed by atoms with Gasteiger partial charge in [-0.2, -0.15) is 5.10 Å². The van der Waals surface area contributed by atoms with E-state index in [1.165, 1.54) is 6.42 Å². The van der Waals surface area contributed by atoms with Crippen LogP contribution in [0.25, 0.3) is 11.3 Å². The molecule has 1 aromatic carbocycles. The highest BCUT2D eigenvalue weighted by Gasteiger charge is 2.17. The summed E-state index contributed by atoms with van der Waals surface area (Å²) in [5.74, 6) is 0. The summed E-state index contributed by atoms with van der Waals surface area (Å²) in [5.41, 5.74) is 2.07. The maximum absolute atomic E-state index is 12.1. The summed E-state index contributed by atoms with van der Waals surface area (Å²) in [4.78, 5) is 14.1. The molecular formula is C18H24N4O. The van der Waals surface area contributed by atoms with Gasteiger partial charge in [0.2, 0.25) is 0 Å². The third-order valence-corrected chi connectivity index (χ3v) is 4.32. The number of carbonyl (C=O) groups excluding carboxylic acids is 1.